The third kappa shape index (κ3) is 3.93. The molecule has 2 heterocycles. The molecule has 0 atom stereocenters. The summed E-state index contributed by atoms with van der Waals surface area (Å²) in [5, 5.41) is 5.11. The lowest BCUT2D eigenvalue weighted by atomic mass is 10.2. The van der Waals surface area contributed by atoms with Crippen molar-refractivity contribution in [1.29, 1.82) is 0 Å². The highest BCUT2D eigenvalue weighted by atomic mass is 32.1. The first-order valence-electron chi connectivity index (χ1n) is 9.75. The summed E-state index contributed by atoms with van der Waals surface area (Å²) < 4.78 is 8.27. The molecule has 0 aliphatic carbocycles. The van der Waals surface area contributed by atoms with Crippen molar-refractivity contribution >= 4 is 32.6 Å². The van der Waals surface area contributed by atoms with Crippen molar-refractivity contribution in [3.05, 3.63) is 71.0 Å². The number of carbonyl (C=O) groups excluding carboxylic acids is 1. The minimum absolute atomic E-state index is 0.0549. The number of fused-ring (bicyclic) bond motifs is 1. The van der Waals surface area contributed by atoms with Gasteiger partial charge in [0.15, 0.2) is 5.13 Å². The molecule has 1 amide bonds. The van der Waals surface area contributed by atoms with Crippen molar-refractivity contribution in [2.24, 2.45) is 0 Å². The minimum Gasteiger partial charge on any atom is -0.494 e. The van der Waals surface area contributed by atoms with E-state index < -0.39 is 0 Å². The molecular formula is C23H24N4O2S. The standard InChI is InChI=1S/C23H24N4O2S/c1-15-10-11-19(29-4)21-22(15)30-23(24-21)26(13-18-8-6-5-7-9-18)20(28)14-27-17(3)12-16(2)25-27/h5-12H,13-14H2,1-4H3. The summed E-state index contributed by atoms with van der Waals surface area (Å²) in [5.74, 6) is 0.657. The van der Waals surface area contributed by atoms with Crippen LogP contribution in [-0.2, 0) is 17.9 Å². The molecule has 4 aromatic rings. The van der Waals surface area contributed by atoms with Crippen molar-refractivity contribution in [3.8, 4) is 5.75 Å². The van der Waals surface area contributed by atoms with Gasteiger partial charge in [-0.05, 0) is 44.0 Å². The predicted octanol–water partition coefficient (Wildman–Crippen LogP) is 4.66. The predicted molar refractivity (Wildman–Crippen MR) is 120 cm³/mol. The van der Waals surface area contributed by atoms with Gasteiger partial charge in [-0.3, -0.25) is 14.4 Å². The Kier molecular flexibility index (Phi) is 5.55. The molecule has 0 unspecified atom stereocenters. The van der Waals surface area contributed by atoms with Gasteiger partial charge in [0, 0.05) is 5.69 Å². The van der Waals surface area contributed by atoms with E-state index in [-0.39, 0.29) is 12.5 Å². The Bertz CT molecular complexity index is 1200. The average Bonchev–Trinajstić information content (AvgIpc) is 3.31. The third-order valence-electron chi connectivity index (χ3n) is 5.02. The summed E-state index contributed by atoms with van der Waals surface area (Å²) in [6, 6.07) is 15.9. The number of thiazole rings is 1. The van der Waals surface area contributed by atoms with Gasteiger partial charge >= 0.3 is 0 Å². The molecule has 0 radical (unpaired) electrons. The van der Waals surface area contributed by atoms with Crippen molar-refractivity contribution in [3.63, 3.8) is 0 Å². The second-order valence-electron chi connectivity index (χ2n) is 7.31. The molecule has 0 saturated carbocycles. The Balaban J connectivity index is 1.75. The molecule has 4 rings (SSSR count). The molecule has 7 heteroatoms. The number of hydrogen-bond donors (Lipinski definition) is 0. The van der Waals surface area contributed by atoms with E-state index in [2.05, 4.69) is 5.10 Å². The van der Waals surface area contributed by atoms with Gasteiger partial charge in [0.1, 0.15) is 17.8 Å². The van der Waals surface area contributed by atoms with Crippen LogP contribution < -0.4 is 9.64 Å². The number of anilines is 1. The quantitative estimate of drug-likeness (QED) is 0.455. The van der Waals surface area contributed by atoms with Crippen LogP contribution in [0.3, 0.4) is 0 Å². The Morgan fingerprint density at radius 2 is 1.90 bits per heavy atom. The first-order valence-corrected chi connectivity index (χ1v) is 10.6. The molecule has 0 aliphatic rings. The summed E-state index contributed by atoms with van der Waals surface area (Å²) in [6.07, 6.45) is 0. The van der Waals surface area contributed by atoms with Gasteiger partial charge in [-0.25, -0.2) is 4.98 Å². The van der Waals surface area contributed by atoms with E-state index in [1.54, 1.807) is 16.7 Å². The SMILES string of the molecule is COc1ccc(C)c2sc(N(Cc3ccccc3)C(=O)Cn3nc(C)cc3C)nc12. The number of ether oxygens (including phenoxy) is 1. The summed E-state index contributed by atoms with van der Waals surface area (Å²) in [5.41, 5.74) is 4.80. The number of amides is 1. The van der Waals surface area contributed by atoms with Crippen LogP contribution in [0.5, 0.6) is 5.75 Å². The molecule has 0 bridgehead atoms. The maximum Gasteiger partial charge on any atom is 0.250 e. The maximum absolute atomic E-state index is 13.4. The Morgan fingerprint density at radius 3 is 2.57 bits per heavy atom. The zero-order valence-corrected chi connectivity index (χ0v) is 18.4. The normalized spacial score (nSPS) is 11.1. The maximum atomic E-state index is 13.4. The molecule has 2 aromatic carbocycles. The molecule has 0 saturated heterocycles. The van der Waals surface area contributed by atoms with Crippen LogP contribution >= 0.6 is 11.3 Å². The topological polar surface area (TPSA) is 60.2 Å². The van der Waals surface area contributed by atoms with Crippen molar-refractivity contribution in [2.75, 3.05) is 12.0 Å². The highest BCUT2D eigenvalue weighted by molar-refractivity contribution is 7.22. The minimum atomic E-state index is -0.0549. The lowest BCUT2D eigenvalue weighted by Crippen LogP contribution is -2.34. The van der Waals surface area contributed by atoms with Crippen LogP contribution in [0, 0.1) is 20.8 Å². The van der Waals surface area contributed by atoms with E-state index >= 15 is 0 Å². The number of aromatic nitrogens is 3. The van der Waals surface area contributed by atoms with Crippen LogP contribution in [0.15, 0.2) is 48.5 Å². The highest BCUT2D eigenvalue weighted by Crippen LogP contribution is 2.37. The Morgan fingerprint density at radius 1 is 1.13 bits per heavy atom. The number of carbonyl (C=O) groups is 1. The van der Waals surface area contributed by atoms with Crippen LogP contribution in [-0.4, -0.2) is 27.8 Å². The van der Waals surface area contributed by atoms with E-state index in [0.29, 0.717) is 17.4 Å². The third-order valence-corrected chi connectivity index (χ3v) is 6.23. The zero-order chi connectivity index (χ0) is 21.3. The van der Waals surface area contributed by atoms with Crippen LogP contribution in [0.25, 0.3) is 10.2 Å². The monoisotopic (exact) mass is 420 g/mol. The van der Waals surface area contributed by atoms with E-state index in [1.807, 2.05) is 69.3 Å². The lowest BCUT2D eigenvalue weighted by molar-refractivity contribution is -0.119. The molecule has 154 valence electrons. The van der Waals surface area contributed by atoms with E-state index in [1.165, 1.54) is 11.3 Å². The van der Waals surface area contributed by atoms with Crippen LogP contribution in [0.4, 0.5) is 5.13 Å². The molecule has 0 spiro atoms. The van der Waals surface area contributed by atoms with E-state index in [4.69, 9.17) is 9.72 Å². The molecule has 30 heavy (non-hydrogen) atoms. The van der Waals surface area contributed by atoms with E-state index in [0.717, 1.165) is 32.7 Å². The number of hydrogen-bond acceptors (Lipinski definition) is 5. The molecule has 0 N–H and O–H groups in total. The van der Waals surface area contributed by atoms with Crippen molar-refractivity contribution < 1.29 is 9.53 Å². The Hall–Kier alpha value is -3.19. The highest BCUT2D eigenvalue weighted by Gasteiger charge is 2.23. The van der Waals surface area contributed by atoms with Gasteiger partial charge < -0.3 is 4.74 Å². The lowest BCUT2D eigenvalue weighted by Gasteiger charge is -2.20. The fraction of sp³-hybridized carbons (Fsp3) is 0.261. The summed E-state index contributed by atoms with van der Waals surface area (Å²) in [4.78, 5) is 19.9. The van der Waals surface area contributed by atoms with Crippen LogP contribution in [0.2, 0.25) is 0 Å². The number of aryl methyl sites for hydroxylation is 3. The van der Waals surface area contributed by atoms with Gasteiger partial charge in [0.25, 0.3) is 5.91 Å². The van der Waals surface area contributed by atoms with Gasteiger partial charge in [0.05, 0.1) is 24.0 Å². The van der Waals surface area contributed by atoms with Gasteiger partial charge in [0.2, 0.25) is 0 Å². The zero-order valence-electron chi connectivity index (χ0n) is 17.5. The first-order chi connectivity index (χ1) is 14.5. The molecule has 0 fully saturated rings. The van der Waals surface area contributed by atoms with Gasteiger partial charge in [-0.15, -0.1) is 0 Å². The summed E-state index contributed by atoms with van der Waals surface area (Å²) in [7, 11) is 1.64. The first kappa shape index (κ1) is 20.1. The second kappa shape index (κ2) is 8.28. The largest absolute Gasteiger partial charge is 0.494 e. The fourth-order valence-electron chi connectivity index (χ4n) is 3.46. The number of rotatable bonds is 6. The molecule has 6 nitrogen and oxygen atoms in total. The molecule has 2 aromatic heterocycles. The second-order valence-corrected chi connectivity index (χ2v) is 8.29. The summed E-state index contributed by atoms with van der Waals surface area (Å²) >= 11 is 1.51. The summed E-state index contributed by atoms with van der Waals surface area (Å²) in [6.45, 7) is 6.54. The van der Waals surface area contributed by atoms with Gasteiger partial charge in [-0.2, -0.15) is 5.10 Å². The molecular weight excluding hydrogens is 396 g/mol. The van der Waals surface area contributed by atoms with Gasteiger partial charge in [-0.1, -0.05) is 47.7 Å². The van der Waals surface area contributed by atoms with E-state index in [9.17, 15) is 4.79 Å². The number of benzene rings is 2. The van der Waals surface area contributed by atoms with Crippen molar-refractivity contribution in [2.45, 2.75) is 33.9 Å². The fourth-order valence-corrected chi connectivity index (χ4v) is 4.52. The smallest absolute Gasteiger partial charge is 0.250 e. The number of methoxy groups -OCH3 is 1. The molecule has 0 aliphatic heterocycles. The van der Waals surface area contributed by atoms with Crippen LogP contribution in [0.1, 0.15) is 22.5 Å². The average molecular weight is 421 g/mol. The number of nitrogens with zero attached hydrogens (tertiary/aromatic N) is 4. The van der Waals surface area contributed by atoms with Crippen molar-refractivity contribution in [1.82, 2.24) is 14.8 Å². The Labute approximate surface area is 179 Å².